The van der Waals surface area contributed by atoms with Crippen molar-refractivity contribution >= 4 is 11.8 Å². The Morgan fingerprint density at radius 3 is 2.44 bits per heavy atom. The van der Waals surface area contributed by atoms with Gasteiger partial charge in [0.05, 0.1) is 5.92 Å². The van der Waals surface area contributed by atoms with E-state index in [4.69, 9.17) is 0 Å². The summed E-state index contributed by atoms with van der Waals surface area (Å²) in [5, 5.41) is 0. The molecule has 1 atom stereocenters. The fourth-order valence-corrected chi connectivity index (χ4v) is 3.66. The highest BCUT2D eigenvalue weighted by atomic mass is 19.1. The van der Waals surface area contributed by atoms with Gasteiger partial charge in [-0.05, 0) is 57.1 Å². The van der Waals surface area contributed by atoms with Crippen molar-refractivity contribution in [2.45, 2.75) is 19.3 Å². The zero-order valence-electron chi connectivity index (χ0n) is 14.8. The monoisotopic (exact) mass is 347 g/mol. The van der Waals surface area contributed by atoms with Gasteiger partial charge in [-0.25, -0.2) is 4.39 Å². The number of likely N-dealkylation sites (tertiary alicyclic amines) is 1. The first kappa shape index (κ1) is 17.9. The Morgan fingerprint density at radius 1 is 0.960 bits per heavy atom. The lowest BCUT2D eigenvalue weighted by Gasteiger charge is -2.34. The summed E-state index contributed by atoms with van der Waals surface area (Å²) in [5.74, 6) is -0.420. The maximum absolute atomic E-state index is 13.0. The van der Waals surface area contributed by atoms with E-state index in [0.29, 0.717) is 18.7 Å². The summed E-state index contributed by atoms with van der Waals surface area (Å²) in [4.78, 5) is 31.5. The molecule has 1 aromatic rings. The van der Waals surface area contributed by atoms with Crippen molar-refractivity contribution in [2.75, 3.05) is 46.3 Å². The van der Waals surface area contributed by atoms with Gasteiger partial charge in [-0.3, -0.25) is 9.59 Å². The maximum atomic E-state index is 13.0. The van der Waals surface area contributed by atoms with E-state index in [1.807, 2.05) is 4.90 Å². The number of carbonyl (C=O) groups is 2. The Kier molecular flexibility index (Phi) is 5.68. The number of nitrogens with zero attached hydrogens (tertiary/aromatic N) is 3. The molecule has 0 spiro atoms. The average Bonchev–Trinajstić information content (AvgIpc) is 2.86. The van der Waals surface area contributed by atoms with Gasteiger partial charge in [0.1, 0.15) is 5.82 Å². The molecule has 6 heteroatoms. The lowest BCUT2D eigenvalue weighted by Crippen LogP contribution is -2.47. The van der Waals surface area contributed by atoms with Gasteiger partial charge in [-0.2, -0.15) is 0 Å². The number of rotatable bonds is 2. The van der Waals surface area contributed by atoms with Crippen LogP contribution in [0.1, 0.15) is 29.6 Å². The molecule has 2 aliphatic rings. The average molecular weight is 347 g/mol. The van der Waals surface area contributed by atoms with Crippen LogP contribution in [-0.2, 0) is 4.79 Å². The van der Waals surface area contributed by atoms with Gasteiger partial charge in [0.2, 0.25) is 5.91 Å². The molecule has 2 heterocycles. The standard InChI is InChI=1S/C19H26FN3O2/c1-21-9-3-11-22(13-12-21)19(25)16-4-2-10-23(14-16)18(24)15-5-7-17(20)8-6-15/h5-8,16H,2-4,9-14H2,1H3. The van der Waals surface area contributed by atoms with E-state index >= 15 is 0 Å². The van der Waals surface area contributed by atoms with Crippen molar-refractivity contribution in [3.63, 3.8) is 0 Å². The zero-order valence-corrected chi connectivity index (χ0v) is 14.8. The molecule has 2 aliphatic heterocycles. The van der Waals surface area contributed by atoms with Gasteiger partial charge in [0.15, 0.2) is 0 Å². The third-order valence-electron chi connectivity index (χ3n) is 5.18. The van der Waals surface area contributed by atoms with E-state index in [0.717, 1.165) is 45.4 Å². The summed E-state index contributed by atoms with van der Waals surface area (Å²) >= 11 is 0. The minimum atomic E-state index is -0.352. The van der Waals surface area contributed by atoms with E-state index < -0.39 is 0 Å². The first-order valence-electron chi connectivity index (χ1n) is 9.07. The molecule has 0 N–H and O–H groups in total. The molecule has 25 heavy (non-hydrogen) atoms. The fraction of sp³-hybridized carbons (Fsp3) is 0.579. The summed E-state index contributed by atoms with van der Waals surface area (Å²) < 4.78 is 13.0. The van der Waals surface area contributed by atoms with Crippen LogP contribution >= 0.6 is 0 Å². The van der Waals surface area contributed by atoms with E-state index in [1.165, 1.54) is 24.3 Å². The van der Waals surface area contributed by atoms with Crippen LogP contribution in [0.15, 0.2) is 24.3 Å². The van der Waals surface area contributed by atoms with Crippen LogP contribution < -0.4 is 0 Å². The molecule has 2 amide bonds. The van der Waals surface area contributed by atoms with Crippen LogP contribution in [0.5, 0.6) is 0 Å². The summed E-state index contributed by atoms with van der Waals surface area (Å²) in [6.45, 7) is 4.59. The summed E-state index contributed by atoms with van der Waals surface area (Å²) in [6, 6.07) is 5.61. The van der Waals surface area contributed by atoms with Gasteiger partial charge in [0.25, 0.3) is 5.91 Å². The third kappa shape index (κ3) is 4.37. The Hall–Kier alpha value is -1.95. The Balaban J connectivity index is 1.63. The number of halogens is 1. The van der Waals surface area contributed by atoms with Crippen molar-refractivity contribution in [2.24, 2.45) is 5.92 Å². The van der Waals surface area contributed by atoms with Crippen molar-refractivity contribution in [3.05, 3.63) is 35.6 Å². The number of hydrogen-bond acceptors (Lipinski definition) is 3. The molecule has 5 nitrogen and oxygen atoms in total. The molecule has 0 aliphatic carbocycles. The Labute approximate surface area is 148 Å². The van der Waals surface area contributed by atoms with Gasteiger partial charge >= 0.3 is 0 Å². The molecule has 2 fully saturated rings. The molecule has 1 unspecified atom stereocenters. The predicted octanol–water partition coefficient (Wildman–Crippen LogP) is 1.84. The van der Waals surface area contributed by atoms with E-state index in [9.17, 15) is 14.0 Å². The normalized spacial score (nSPS) is 22.6. The Morgan fingerprint density at radius 2 is 1.68 bits per heavy atom. The SMILES string of the molecule is CN1CCCN(C(=O)C2CCCN(C(=O)c3ccc(F)cc3)C2)CC1. The van der Waals surface area contributed by atoms with Gasteiger partial charge in [0, 0.05) is 38.3 Å². The van der Waals surface area contributed by atoms with Crippen LogP contribution in [0, 0.1) is 11.7 Å². The van der Waals surface area contributed by atoms with Crippen molar-refractivity contribution in [1.29, 1.82) is 0 Å². The van der Waals surface area contributed by atoms with Crippen molar-refractivity contribution in [1.82, 2.24) is 14.7 Å². The zero-order chi connectivity index (χ0) is 17.8. The molecular weight excluding hydrogens is 321 g/mol. The largest absolute Gasteiger partial charge is 0.341 e. The lowest BCUT2D eigenvalue weighted by molar-refractivity contribution is -0.136. The topological polar surface area (TPSA) is 43.9 Å². The number of hydrogen-bond donors (Lipinski definition) is 0. The van der Waals surface area contributed by atoms with Gasteiger partial charge < -0.3 is 14.7 Å². The molecule has 2 saturated heterocycles. The van der Waals surface area contributed by atoms with Crippen LogP contribution in [-0.4, -0.2) is 72.8 Å². The van der Waals surface area contributed by atoms with Gasteiger partial charge in [-0.1, -0.05) is 0 Å². The summed E-state index contributed by atoms with van der Waals surface area (Å²) in [6.07, 6.45) is 2.66. The first-order valence-corrected chi connectivity index (χ1v) is 9.07. The van der Waals surface area contributed by atoms with E-state index in [-0.39, 0.29) is 23.5 Å². The van der Waals surface area contributed by atoms with Crippen molar-refractivity contribution < 1.29 is 14.0 Å². The highest BCUT2D eigenvalue weighted by molar-refractivity contribution is 5.94. The Bertz CT molecular complexity index is 620. The van der Waals surface area contributed by atoms with E-state index in [2.05, 4.69) is 11.9 Å². The van der Waals surface area contributed by atoms with Crippen molar-refractivity contribution in [3.8, 4) is 0 Å². The van der Waals surface area contributed by atoms with Crippen LogP contribution in [0.2, 0.25) is 0 Å². The van der Waals surface area contributed by atoms with Crippen LogP contribution in [0.4, 0.5) is 4.39 Å². The summed E-state index contributed by atoms with van der Waals surface area (Å²) in [5.41, 5.74) is 0.478. The van der Waals surface area contributed by atoms with Gasteiger partial charge in [-0.15, -0.1) is 0 Å². The predicted molar refractivity (Wildman–Crippen MR) is 93.7 cm³/mol. The van der Waals surface area contributed by atoms with Crippen LogP contribution in [0.3, 0.4) is 0 Å². The second kappa shape index (κ2) is 7.95. The fourth-order valence-electron chi connectivity index (χ4n) is 3.66. The molecule has 0 bridgehead atoms. The maximum Gasteiger partial charge on any atom is 0.253 e. The minimum Gasteiger partial charge on any atom is -0.341 e. The molecular formula is C19H26FN3O2. The molecule has 1 aromatic carbocycles. The molecule has 0 aromatic heterocycles. The lowest BCUT2D eigenvalue weighted by atomic mass is 9.95. The van der Waals surface area contributed by atoms with Crippen LogP contribution in [0.25, 0.3) is 0 Å². The number of amides is 2. The molecule has 0 radical (unpaired) electrons. The number of carbonyl (C=O) groups excluding carboxylic acids is 2. The number of likely N-dealkylation sites (N-methyl/N-ethyl adjacent to an activating group) is 1. The highest BCUT2D eigenvalue weighted by Crippen LogP contribution is 2.21. The highest BCUT2D eigenvalue weighted by Gasteiger charge is 2.32. The first-order chi connectivity index (χ1) is 12.0. The molecule has 0 saturated carbocycles. The minimum absolute atomic E-state index is 0.118. The second-order valence-electron chi connectivity index (χ2n) is 7.08. The third-order valence-corrected chi connectivity index (χ3v) is 5.18. The quantitative estimate of drug-likeness (QED) is 0.820. The second-order valence-corrected chi connectivity index (χ2v) is 7.08. The molecule has 136 valence electrons. The molecule has 3 rings (SSSR count). The number of benzene rings is 1. The number of piperidine rings is 1. The van der Waals surface area contributed by atoms with E-state index in [1.54, 1.807) is 4.90 Å². The smallest absolute Gasteiger partial charge is 0.253 e. The summed E-state index contributed by atoms with van der Waals surface area (Å²) in [7, 11) is 2.08.